The van der Waals surface area contributed by atoms with E-state index in [4.69, 9.17) is 11.6 Å². The first-order valence-electron chi connectivity index (χ1n) is 9.55. The smallest absolute Gasteiger partial charge is 0.252 e. The first kappa shape index (κ1) is 21.3. The van der Waals surface area contributed by atoms with Crippen LogP contribution in [0.5, 0.6) is 0 Å². The van der Waals surface area contributed by atoms with Gasteiger partial charge in [-0.3, -0.25) is 14.4 Å². The molecule has 2 N–H and O–H groups in total. The third-order valence-corrected chi connectivity index (χ3v) is 4.86. The maximum Gasteiger partial charge on any atom is 0.252 e. The lowest BCUT2D eigenvalue weighted by molar-refractivity contribution is -0.115. The van der Waals surface area contributed by atoms with E-state index < -0.39 is 5.91 Å². The van der Waals surface area contributed by atoms with Crippen LogP contribution in [0.4, 0.5) is 5.69 Å². The van der Waals surface area contributed by atoms with E-state index in [9.17, 15) is 14.4 Å². The lowest BCUT2D eigenvalue weighted by Crippen LogP contribution is -2.33. The largest absolute Gasteiger partial charge is 0.343 e. The maximum absolute atomic E-state index is 12.8. The molecule has 3 rings (SSSR count). The van der Waals surface area contributed by atoms with Gasteiger partial charge >= 0.3 is 0 Å². The molecule has 0 aliphatic carbocycles. The predicted molar refractivity (Wildman–Crippen MR) is 118 cm³/mol. The molecule has 6 heteroatoms. The molecule has 0 heterocycles. The van der Waals surface area contributed by atoms with Crippen molar-refractivity contribution in [1.82, 2.24) is 5.32 Å². The van der Waals surface area contributed by atoms with Crippen LogP contribution in [0, 0.1) is 0 Å². The standard InChI is InChI=1S/C24H21ClN2O3/c1-2-16-7-3-6-10-21(16)27-22(28)15-26-24(30)20-9-5-4-8-19(20)23(29)17-11-13-18(25)14-12-17/h3-14H,2,15H2,1H3,(H,26,30)(H,27,28). The predicted octanol–water partition coefficient (Wildman–Crippen LogP) is 4.50. The zero-order valence-electron chi connectivity index (χ0n) is 16.4. The number of benzene rings is 3. The minimum absolute atomic E-state index is 0.208. The fraction of sp³-hybridized carbons (Fsp3) is 0.125. The van der Waals surface area contributed by atoms with Crippen LogP contribution in [0.15, 0.2) is 72.8 Å². The molecule has 0 bridgehead atoms. The van der Waals surface area contributed by atoms with Crippen molar-refractivity contribution in [3.05, 3.63) is 100 Å². The molecule has 152 valence electrons. The summed E-state index contributed by atoms with van der Waals surface area (Å²) in [5, 5.41) is 5.91. The van der Waals surface area contributed by atoms with Gasteiger partial charge in [0, 0.05) is 21.8 Å². The van der Waals surface area contributed by atoms with Crippen molar-refractivity contribution in [3.8, 4) is 0 Å². The van der Waals surface area contributed by atoms with Gasteiger partial charge in [-0.25, -0.2) is 0 Å². The third-order valence-electron chi connectivity index (χ3n) is 4.60. The molecule has 0 aliphatic rings. The van der Waals surface area contributed by atoms with Gasteiger partial charge in [0.1, 0.15) is 0 Å². The van der Waals surface area contributed by atoms with E-state index in [2.05, 4.69) is 10.6 Å². The van der Waals surface area contributed by atoms with Crippen LogP contribution >= 0.6 is 11.6 Å². The summed E-state index contributed by atoms with van der Waals surface area (Å²) in [6.07, 6.45) is 0.781. The molecule has 0 atom stereocenters. The Balaban J connectivity index is 1.69. The Labute approximate surface area is 180 Å². The minimum Gasteiger partial charge on any atom is -0.343 e. The average molecular weight is 421 g/mol. The van der Waals surface area contributed by atoms with Gasteiger partial charge in [0.2, 0.25) is 5.91 Å². The van der Waals surface area contributed by atoms with Crippen molar-refractivity contribution in [2.45, 2.75) is 13.3 Å². The van der Waals surface area contributed by atoms with E-state index in [1.807, 2.05) is 31.2 Å². The SMILES string of the molecule is CCc1ccccc1NC(=O)CNC(=O)c1ccccc1C(=O)c1ccc(Cl)cc1. The highest BCUT2D eigenvalue weighted by molar-refractivity contribution is 6.30. The Hall–Kier alpha value is -3.44. The third kappa shape index (κ3) is 5.13. The molecule has 5 nitrogen and oxygen atoms in total. The topological polar surface area (TPSA) is 75.3 Å². The summed E-state index contributed by atoms with van der Waals surface area (Å²) in [5.41, 5.74) is 2.62. The molecule has 3 aromatic carbocycles. The van der Waals surface area contributed by atoms with Crippen molar-refractivity contribution in [2.75, 3.05) is 11.9 Å². The van der Waals surface area contributed by atoms with Crippen LogP contribution < -0.4 is 10.6 Å². The number of hydrogen-bond acceptors (Lipinski definition) is 3. The van der Waals surface area contributed by atoms with E-state index in [0.717, 1.165) is 17.7 Å². The summed E-state index contributed by atoms with van der Waals surface area (Å²) in [6, 6.07) is 20.5. The number of halogens is 1. The van der Waals surface area contributed by atoms with E-state index in [0.29, 0.717) is 10.6 Å². The van der Waals surface area contributed by atoms with Crippen LogP contribution in [0.1, 0.15) is 38.8 Å². The Kier molecular flexibility index (Phi) is 6.99. The van der Waals surface area contributed by atoms with Crippen LogP contribution in [-0.2, 0) is 11.2 Å². The summed E-state index contributed by atoms with van der Waals surface area (Å²) in [6.45, 7) is 1.79. The van der Waals surface area contributed by atoms with Crippen LogP contribution in [-0.4, -0.2) is 24.1 Å². The highest BCUT2D eigenvalue weighted by Gasteiger charge is 2.18. The summed E-state index contributed by atoms with van der Waals surface area (Å²) >= 11 is 5.88. The molecule has 0 saturated heterocycles. The first-order valence-corrected chi connectivity index (χ1v) is 9.92. The van der Waals surface area contributed by atoms with Gasteiger partial charge in [-0.05, 0) is 48.4 Å². The second kappa shape index (κ2) is 9.85. The first-order chi connectivity index (χ1) is 14.5. The van der Waals surface area contributed by atoms with Crippen LogP contribution in [0.25, 0.3) is 0 Å². The summed E-state index contributed by atoms with van der Waals surface area (Å²) in [5.74, 6) is -1.13. The Morgan fingerprint density at radius 1 is 0.833 bits per heavy atom. The van der Waals surface area contributed by atoms with Crippen molar-refractivity contribution in [2.24, 2.45) is 0 Å². The second-order valence-electron chi connectivity index (χ2n) is 6.62. The number of nitrogens with one attached hydrogen (secondary N) is 2. The van der Waals surface area contributed by atoms with Crippen molar-refractivity contribution < 1.29 is 14.4 Å². The Bertz CT molecular complexity index is 1080. The van der Waals surface area contributed by atoms with E-state index >= 15 is 0 Å². The molecule has 0 saturated carbocycles. The summed E-state index contributed by atoms with van der Waals surface area (Å²) < 4.78 is 0. The fourth-order valence-corrected chi connectivity index (χ4v) is 3.16. The summed E-state index contributed by atoms with van der Waals surface area (Å²) in [7, 11) is 0. The fourth-order valence-electron chi connectivity index (χ4n) is 3.04. The van der Waals surface area contributed by atoms with E-state index in [-0.39, 0.29) is 29.4 Å². The molecule has 0 spiro atoms. The molecule has 30 heavy (non-hydrogen) atoms. The Morgan fingerprint density at radius 2 is 1.47 bits per heavy atom. The van der Waals surface area contributed by atoms with Gasteiger partial charge in [0.05, 0.1) is 12.1 Å². The van der Waals surface area contributed by atoms with Gasteiger partial charge in [-0.2, -0.15) is 0 Å². The quantitative estimate of drug-likeness (QED) is 0.552. The van der Waals surface area contributed by atoms with Gasteiger partial charge in [-0.1, -0.05) is 54.9 Å². The average Bonchev–Trinajstić information content (AvgIpc) is 2.78. The maximum atomic E-state index is 12.8. The van der Waals surface area contributed by atoms with E-state index in [1.54, 1.807) is 48.5 Å². The minimum atomic E-state index is -0.494. The molecule has 0 aromatic heterocycles. The Morgan fingerprint density at radius 3 is 2.17 bits per heavy atom. The van der Waals surface area contributed by atoms with E-state index in [1.165, 1.54) is 0 Å². The van der Waals surface area contributed by atoms with Gasteiger partial charge in [0.25, 0.3) is 5.91 Å². The molecule has 3 aromatic rings. The van der Waals surface area contributed by atoms with Crippen molar-refractivity contribution >= 4 is 34.9 Å². The van der Waals surface area contributed by atoms with Crippen LogP contribution in [0.2, 0.25) is 5.02 Å². The van der Waals surface area contributed by atoms with Gasteiger partial charge in [-0.15, -0.1) is 0 Å². The highest BCUT2D eigenvalue weighted by Crippen LogP contribution is 2.18. The van der Waals surface area contributed by atoms with Crippen molar-refractivity contribution in [3.63, 3.8) is 0 Å². The van der Waals surface area contributed by atoms with Crippen LogP contribution in [0.3, 0.4) is 0 Å². The number of para-hydroxylation sites is 1. The number of ketones is 1. The number of anilines is 1. The zero-order chi connectivity index (χ0) is 21.5. The second-order valence-corrected chi connectivity index (χ2v) is 7.06. The summed E-state index contributed by atoms with van der Waals surface area (Å²) in [4.78, 5) is 37.8. The normalized spacial score (nSPS) is 10.3. The molecular weight excluding hydrogens is 400 g/mol. The van der Waals surface area contributed by atoms with Crippen molar-refractivity contribution in [1.29, 1.82) is 0 Å². The molecule has 0 radical (unpaired) electrons. The van der Waals surface area contributed by atoms with Gasteiger partial charge < -0.3 is 10.6 Å². The number of aryl methyl sites for hydroxylation is 1. The number of amides is 2. The highest BCUT2D eigenvalue weighted by atomic mass is 35.5. The number of carbonyl (C=O) groups is 3. The monoisotopic (exact) mass is 420 g/mol. The molecular formula is C24H21ClN2O3. The molecule has 0 fully saturated rings. The zero-order valence-corrected chi connectivity index (χ0v) is 17.2. The van der Waals surface area contributed by atoms with Gasteiger partial charge in [0.15, 0.2) is 5.78 Å². The molecule has 0 aliphatic heterocycles. The molecule has 2 amide bonds. The number of carbonyl (C=O) groups excluding carboxylic acids is 3. The molecule has 0 unspecified atom stereocenters. The number of hydrogen-bond donors (Lipinski definition) is 2. The number of rotatable bonds is 7. The lowest BCUT2D eigenvalue weighted by Gasteiger charge is -2.12. The lowest BCUT2D eigenvalue weighted by atomic mass is 9.98.